The number of carbonyl (C=O) groups excluding carboxylic acids is 1. The number of halogens is 1. The van der Waals surface area contributed by atoms with Crippen LogP contribution in [0.5, 0.6) is 0 Å². The molecule has 22 heavy (non-hydrogen) atoms. The molecule has 1 atom stereocenters. The zero-order valence-corrected chi connectivity index (χ0v) is 13.7. The van der Waals surface area contributed by atoms with Gasteiger partial charge in [0.15, 0.2) is 5.60 Å². The van der Waals surface area contributed by atoms with Gasteiger partial charge in [-0.1, -0.05) is 28.9 Å². The van der Waals surface area contributed by atoms with E-state index in [1.807, 2.05) is 38.1 Å². The second-order valence-electron chi connectivity index (χ2n) is 5.88. The molecule has 0 fully saturated rings. The third-order valence-electron chi connectivity index (χ3n) is 3.46. The SMILES string of the molecule is CC1=NO[C@](C)(CNCC(=O)NCCc2cccc(Cl)c2)C1. The second-order valence-corrected chi connectivity index (χ2v) is 6.31. The van der Waals surface area contributed by atoms with Crippen LogP contribution < -0.4 is 10.6 Å². The molecule has 2 rings (SSSR count). The summed E-state index contributed by atoms with van der Waals surface area (Å²) in [6, 6.07) is 7.65. The Morgan fingerprint density at radius 3 is 3.00 bits per heavy atom. The largest absolute Gasteiger partial charge is 0.388 e. The molecule has 0 spiro atoms. The Kier molecular flexibility index (Phi) is 5.80. The highest BCUT2D eigenvalue weighted by Crippen LogP contribution is 2.22. The Bertz CT molecular complexity index is 562. The normalized spacial score (nSPS) is 20.4. The number of oxime groups is 1. The van der Waals surface area contributed by atoms with E-state index in [0.29, 0.717) is 18.1 Å². The fourth-order valence-corrected chi connectivity index (χ4v) is 2.64. The molecule has 1 amide bonds. The molecule has 120 valence electrons. The maximum atomic E-state index is 11.8. The van der Waals surface area contributed by atoms with E-state index < -0.39 is 0 Å². The molecule has 1 aliphatic heterocycles. The molecule has 0 radical (unpaired) electrons. The first-order chi connectivity index (χ1) is 10.5. The van der Waals surface area contributed by atoms with E-state index in [-0.39, 0.29) is 18.1 Å². The van der Waals surface area contributed by atoms with Crippen molar-refractivity contribution in [2.24, 2.45) is 5.16 Å². The molecular formula is C16H22ClN3O2. The summed E-state index contributed by atoms with van der Waals surface area (Å²) in [5, 5.41) is 10.7. The molecule has 0 saturated heterocycles. The fraction of sp³-hybridized carbons (Fsp3) is 0.500. The lowest BCUT2D eigenvalue weighted by Crippen LogP contribution is -2.42. The van der Waals surface area contributed by atoms with Crippen molar-refractivity contribution in [2.45, 2.75) is 32.3 Å². The predicted octanol–water partition coefficient (Wildman–Crippen LogP) is 2.14. The highest BCUT2D eigenvalue weighted by Gasteiger charge is 2.32. The molecular weight excluding hydrogens is 302 g/mol. The first-order valence-electron chi connectivity index (χ1n) is 7.40. The molecule has 6 heteroatoms. The van der Waals surface area contributed by atoms with Crippen LogP contribution >= 0.6 is 11.6 Å². The molecule has 0 aliphatic carbocycles. The number of nitrogens with zero attached hydrogens (tertiary/aromatic N) is 1. The molecule has 1 aliphatic rings. The van der Waals surface area contributed by atoms with Crippen molar-refractivity contribution < 1.29 is 9.63 Å². The van der Waals surface area contributed by atoms with Gasteiger partial charge in [0.1, 0.15) is 0 Å². The topological polar surface area (TPSA) is 62.7 Å². The minimum atomic E-state index is -0.342. The molecule has 5 nitrogen and oxygen atoms in total. The summed E-state index contributed by atoms with van der Waals surface area (Å²) in [5.41, 5.74) is 1.75. The van der Waals surface area contributed by atoms with Gasteiger partial charge in [-0.15, -0.1) is 0 Å². The third-order valence-corrected chi connectivity index (χ3v) is 3.70. The van der Waals surface area contributed by atoms with Crippen molar-refractivity contribution in [1.82, 2.24) is 10.6 Å². The molecule has 2 N–H and O–H groups in total. The zero-order valence-electron chi connectivity index (χ0n) is 13.0. The molecule has 1 heterocycles. The molecule has 0 bridgehead atoms. The zero-order chi connectivity index (χ0) is 16.0. The summed E-state index contributed by atoms with van der Waals surface area (Å²) in [5.74, 6) is -0.0266. The Morgan fingerprint density at radius 1 is 1.50 bits per heavy atom. The van der Waals surface area contributed by atoms with Crippen LogP contribution in [0.25, 0.3) is 0 Å². The predicted molar refractivity (Wildman–Crippen MR) is 88.3 cm³/mol. The smallest absolute Gasteiger partial charge is 0.233 e. The average molecular weight is 324 g/mol. The summed E-state index contributed by atoms with van der Waals surface area (Å²) < 4.78 is 0. The van der Waals surface area contributed by atoms with Gasteiger partial charge < -0.3 is 15.5 Å². The van der Waals surface area contributed by atoms with Gasteiger partial charge in [-0.3, -0.25) is 4.79 Å². The Morgan fingerprint density at radius 2 is 2.32 bits per heavy atom. The first-order valence-corrected chi connectivity index (χ1v) is 7.78. The van der Waals surface area contributed by atoms with E-state index in [0.717, 1.165) is 24.1 Å². The minimum absolute atomic E-state index is 0.0266. The van der Waals surface area contributed by atoms with Crippen LogP contribution in [0.1, 0.15) is 25.8 Å². The van der Waals surface area contributed by atoms with E-state index in [9.17, 15) is 4.79 Å². The second kappa shape index (κ2) is 7.61. The van der Waals surface area contributed by atoms with Gasteiger partial charge in [-0.2, -0.15) is 0 Å². The first kappa shape index (κ1) is 16.8. The maximum absolute atomic E-state index is 11.8. The van der Waals surface area contributed by atoms with Gasteiger partial charge in [0.25, 0.3) is 0 Å². The summed E-state index contributed by atoms with van der Waals surface area (Å²) in [4.78, 5) is 17.1. The molecule has 1 aromatic rings. The van der Waals surface area contributed by atoms with Crippen molar-refractivity contribution in [3.63, 3.8) is 0 Å². The highest BCUT2D eigenvalue weighted by atomic mass is 35.5. The standard InChI is InChI=1S/C16H22ClN3O2/c1-12-9-16(2,22-20-12)11-18-10-15(21)19-7-6-13-4-3-5-14(17)8-13/h3-5,8,18H,6-7,9-11H2,1-2H3,(H,19,21)/t16-/m0/s1. The molecule has 0 unspecified atom stereocenters. The van der Waals surface area contributed by atoms with E-state index >= 15 is 0 Å². The third kappa shape index (κ3) is 5.31. The molecule has 0 aromatic heterocycles. The van der Waals surface area contributed by atoms with E-state index in [4.69, 9.17) is 16.4 Å². The number of rotatable bonds is 7. The number of benzene rings is 1. The van der Waals surface area contributed by atoms with Gasteiger partial charge >= 0.3 is 0 Å². The molecule has 1 aromatic carbocycles. The van der Waals surface area contributed by atoms with Gasteiger partial charge in [0.2, 0.25) is 5.91 Å². The number of amides is 1. The highest BCUT2D eigenvalue weighted by molar-refractivity contribution is 6.30. The summed E-state index contributed by atoms with van der Waals surface area (Å²) in [6.07, 6.45) is 1.55. The number of hydrogen-bond acceptors (Lipinski definition) is 4. The van der Waals surface area contributed by atoms with Gasteiger partial charge in [0, 0.05) is 24.5 Å². The number of carbonyl (C=O) groups is 1. The Labute approximate surface area is 136 Å². The number of nitrogens with one attached hydrogen (secondary N) is 2. The maximum Gasteiger partial charge on any atom is 0.233 e. The summed E-state index contributed by atoms with van der Waals surface area (Å²) in [6.45, 7) is 5.38. The number of hydrogen-bond donors (Lipinski definition) is 2. The van der Waals surface area contributed by atoms with Crippen LogP contribution in [0.2, 0.25) is 5.02 Å². The lowest BCUT2D eigenvalue weighted by Gasteiger charge is -2.21. The van der Waals surface area contributed by atoms with E-state index in [1.165, 1.54) is 0 Å². The van der Waals surface area contributed by atoms with Crippen LogP contribution in [-0.4, -0.2) is 36.9 Å². The van der Waals surface area contributed by atoms with Crippen molar-refractivity contribution in [3.05, 3.63) is 34.9 Å². The summed E-state index contributed by atoms with van der Waals surface area (Å²) in [7, 11) is 0. The fourth-order valence-electron chi connectivity index (χ4n) is 2.43. The van der Waals surface area contributed by atoms with Crippen LogP contribution in [-0.2, 0) is 16.1 Å². The van der Waals surface area contributed by atoms with Gasteiger partial charge in [-0.05, 0) is 38.0 Å². The van der Waals surface area contributed by atoms with Crippen LogP contribution in [0, 0.1) is 0 Å². The lowest BCUT2D eigenvalue weighted by atomic mass is 10.0. The van der Waals surface area contributed by atoms with Crippen molar-refractivity contribution in [1.29, 1.82) is 0 Å². The van der Waals surface area contributed by atoms with Crippen molar-refractivity contribution >= 4 is 23.2 Å². The average Bonchev–Trinajstić information content (AvgIpc) is 2.79. The minimum Gasteiger partial charge on any atom is -0.388 e. The van der Waals surface area contributed by atoms with Gasteiger partial charge in [-0.25, -0.2) is 0 Å². The molecule has 0 saturated carbocycles. The Hall–Kier alpha value is -1.59. The van der Waals surface area contributed by atoms with Crippen LogP contribution in [0.4, 0.5) is 0 Å². The monoisotopic (exact) mass is 323 g/mol. The van der Waals surface area contributed by atoms with E-state index in [2.05, 4.69) is 15.8 Å². The quantitative estimate of drug-likeness (QED) is 0.808. The van der Waals surface area contributed by atoms with E-state index in [1.54, 1.807) is 0 Å². The van der Waals surface area contributed by atoms with Crippen molar-refractivity contribution in [2.75, 3.05) is 19.6 Å². The van der Waals surface area contributed by atoms with Gasteiger partial charge in [0.05, 0.1) is 12.3 Å². The van der Waals surface area contributed by atoms with Crippen LogP contribution in [0.15, 0.2) is 29.4 Å². The van der Waals surface area contributed by atoms with Crippen molar-refractivity contribution in [3.8, 4) is 0 Å². The Balaban J connectivity index is 1.60. The van der Waals surface area contributed by atoms with Crippen LogP contribution in [0.3, 0.4) is 0 Å². The lowest BCUT2D eigenvalue weighted by molar-refractivity contribution is -0.120. The summed E-state index contributed by atoms with van der Waals surface area (Å²) >= 11 is 5.92.